The SMILES string of the molecule is O=[N+]([O-])c1c(F)ccc2cn[nH]c12. The van der Waals surface area contributed by atoms with Gasteiger partial charge in [0.05, 0.1) is 11.1 Å². The van der Waals surface area contributed by atoms with E-state index in [-0.39, 0.29) is 5.52 Å². The molecule has 1 aromatic heterocycles. The van der Waals surface area contributed by atoms with Crippen molar-refractivity contribution in [1.29, 1.82) is 0 Å². The highest BCUT2D eigenvalue weighted by molar-refractivity contribution is 5.86. The van der Waals surface area contributed by atoms with Crippen molar-refractivity contribution in [2.75, 3.05) is 0 Å². The zero-order chi connectivity index (χ0) is 9.42. The first-order chi connectivity index (χ1) is 6.20. The van der Waals surface area contributed by atoms with E-state index in [1.165, 1.54) is 12.3 Å². The van der Waals surface area contributed by atoms with Crippen molar-refractivity contribution >= 4 is 16.6 Å². The molecule has 0 radical (unpaired) electrons. The molecule has 66 valence electrons. The molecule has 2 aromatic rings. The summed E-state index contributed by atoms with van der Waals surface area (Å²) < 4.78 is 13.0. The van der Waals surface area contributed by atoms with Crippen molar-refractivity contribution in [3.05, 3.63) is 34.3 Å². The molecule has 0 spiro atoms. The molecular formula is C7H4FN3O2. The summed E-state index contributed by atoms with van der Waals surface area (Å²) in [6.07, 6.45) is 1.40. The number of nitro benzene ring substituents is 1. The third-order valence-corrected chi connectivity index (χ3v) is 1.72. The predicted octanol–water partition coefficient (Wildman–Crippen LogP) is 1.61. The molecule has 0 saturated carbocycles. The highest BCUT2D eigenvalue weighted by Crippen LogP contribution is 2.25. The van der Waals surface area contributed by atoms with Crippen molar-refractivity contribution in [3.8, 4) is 0 Å². The number of aromatic nitrogens is 2. The molecule has 5 nitrogen and oxygen atoms in total. The van der Waals surface area contributed by atoms with Crippen LogP contribution in [0.3, 0.4) is 0 Å². The quantitative estimate of drug-likeness (QED) is 0.536. The largest absolute Gasteiger partial charge is 0.330 e. The van der Waals surface area contributed by atoms with E-state index in [0.29, 0.717) is 5.39 Å². The summed E-state index contributed by atoms with van der Waals surface area (Å²) in [7, 11) is 0. The summed E-state index contributed by atoms with van der Waals surface area (Å²) in [6.45, 7) is 0. The summed E-state index contributed by atoms with van der Waals surface area (Å²) in [5.41, 5.74) is -0.444. The number of hydrogen-bond acceptors (Lipinski definition) is 3. The number of aromatic amines is 1. The second kappa shape index (κ2) is 2.51. The molecule has 1 N–H and O–H groups in total. The predicted molar refractivity (Wildman–Crippen MR) is 42.7 cm³/mol. The first kappa shape index (κ1) is 7.66. The fourth-order valence-corrected chi connectivity index (χ4v) is 1.15. The van der Waals surface area contributed by atoms with E-state index < -0.39 is 16.4 Å². The van der Waals surface area contributed by atoms with Gasteiger partial charge in [0.1, 0.15) is 5.52 Å². The Morgan fingerprint density at radius 1 is 1.54 bits per heavy atom. The first-order valence-electron chi connectivity index (χ1n) is 3.46. The molecule has 0 amide bonds. The number of halogens is 1. The zero-order valence-electron chi connectivity index (χ0n) is 6.32. The normalized spacial score (nSPS) is 10.5. The molecule has 1 heterocycles. The zero-order valence-corrected chi connectivity index (χ0v) is 6.32. The number of benzene rings is 1. The first-order valence-corrected chi connectivity index (χ1v) is 3.46. The van der Waals surface area contributed by atoms with Crippen LogP contribution in [0.2, 0.25) is 0 Å². The third-order valence-electron chi connectivity index (χ3n) is 1.72. The van der Waals surface area contributed by atoms with Crippen molar-refractivity contribution < 1.29 is 9.31 Å². The fraction of sp³-hybridized carbons (Fsp3) is 0. The van der Waals surface area contributed by atoms with Gasteiger partial charge in [0.25, 0.3) is 0 Å². The topological polar surface area (TPSA) is 71.8 Å². The van der Waals surface area contributed by atoms with Crippen molar-refractivity contribution in [3.63, 3.8) is 0 Å². The monoisotopic (exact) mass is 181 g/mol. The molecule has 2 rings (SSSR count). The van der Waals surface area contributed by atoms with E-state index in [1.54, 1.807) is 0 Å². The van der Waals surface area contributed by atoms with Crippen LogP contribution in [0, 0.1) is 15.9 Å². The van der Waals surface area contributed by atoms with Gasteiger partial charge in [0.2, 0.25) is 5.82 Å². The van der Waals surface area contributed by atoms with E-state index >= 15 is 0 Å². The van der Waals surface area contributed by atoms with Crippen LogP contribution in [0.15, 0.2) is 18.3 Å². The van der Waals surface area contributed by atoms with Gasteiger partial charge in [-0.15, -0.1) is 0 Å². The second-order valence-electron chi connectivity index (χ2n) is 2.49. The highest BCUT2D eigenvalue weighted by atomic mass is 19.1. The number of hydrogen-bond donors (Lipinski definition) is 1. The van der Waals surface area contributed by atoms with Gasteiger partial charge in [-0.3, -0.25) is 15.2 Å². The minimum atomic E-state index is -0.859. The summed E-state index contributed by atoms with van der Waals surface area (Å²) >= 11 is 0. The van der Waals surface area contributed by atoms with Gasteiger partial charge in [0.15, 0.2) is 0 Å². The molecule has 1 aromatic carbocycles. The maximum absolute atomic E-state index is 13.0. The summed E-state index contributed by atoms with van der Waals surface area (Å²) in [6, 6.07) is 2.48. The number of nitrogens with one attached hydrogen (secondary N) is 1. The summed E-state index contributed by atoms with van der Waals surface area (Å²) in [5.74, 6) is -0.859. The van der Waals surface area contributed by atoms with Crippen LogP contribution in [-0.2, 0) is 0 Å². The molecule has 6 heteroatoms. The van der Waals surface area contributed by atoms with Crippen molar-refractivity contribution in [1.82, 2.24) is 10.2 Å². The Hall–Kier alpha value is -1.98. The lowest BCUT2D eigenvalue weighted by Gasteiger charge is -1.93. The highest BCUT2D eigenvalue weighted by Gasteiger charge is 2.19. The van der Waals surface area contributed by atoms with E-state index in [4.69, 9.17) is 0 Å². The Balaban J connectivity index is 2.88. The third kappa shape index (κ3) is 1.03. The molecule has 0 saturated heterocycles. The number of H-pyrrole nitrogens is 1. The number of nitrogens with zero attached hydrogens (tertiary/aromatic N) is 2. The standard InChI is InChI=1S/C7H4FN3O2/c8-5-2-1-4-3-9-10-6(4)7(5)11(12)13/h1-3H,(H,9,10). The van der Waals surface area contributed by atoms with Crippen LogP contribution in [0.4, 0.5) is 10.1 Å². The number of nitro groups is 1. The van der Waals surface area contributed by atoms with Crippen LogP contribution in [0.1, 0.15) is 0 Å². The van der Waals surface area contributed by atoms with Crippen molar-refractivity contribution in [2.45, 2.75) is 0 Å². The molecule has 13 heavy (non-hydrogen) atoms. The van der Waals surface area contributed by atoms with Crippen LogP contribution in [0.25, 0.3) is 10.9 Å². The lowest BCUT2D eigenvalue weighted by molar-refractivity contribution is -0.385. The Morgan fingerprint density at radius 2 is 2.31 bits per heavy atom. The maximum Gasteiger partial charge on any atom is 0.330 e. The summed E-state index contributed by atoms with van der Waals surface area (Å²) in [4.78, 5) is 9.68. The molecule has 0 fully saturated rings. The van der Waals surface area contributed by atoms with Gasteiger partial charge in [0, 0.05) is 5.39 Å². The molecular weight excluding hydrogens is 177 g/mol. The van der Waals surface area contributed by atoms with Gasteiger partial charge in [-0.2, -0.15) is 9.49 Å². The lowest BCUT2D eigenvalue weighted by atomic mass is 10.2. The van der Waals surface area contributed by atoms with E-state index in [9.17, 15) is 14.5 Å². The van der Waals surface area contributed by atoms with Gasteiger partial charge in [-0.25, -0.2) is 0 Å². The smallest absolute Gasteiger partial charge is 0.271 e. The second-order valence-corrected chi connectivity index (χ2v) is 2.49. The Kier molecular flexibility index (Phi) is 1.48. The van der Waals surface area contributed by atoms with Gasteiger partial charge < -0.3 is 0 Å². The van der Waals surface area contributed by atoms with Crippen LogP contribution < -0.4 is 0 Å². The van der Waals surface area contributed by atoms with Gasteiger partial charge in [-0.05, 0) is 12.1 Å². The Bertz CT molecular complexity index is 480. The number of fused-ring (bicyclic) bond motifs is 1. The maximum atomic E-state index is 13.0. The van der Waals surface area contributed by atoms with Crippen LogP contribution in [0.5, 0.6) is 0 Å². The van der Waals surface area contributed by atoms with Crippen LogP contribution >= 0.6 is 0 Å². The Morgan fingerprint density at radius 3 is 3.00 bits per heavy atom. The van der Waals surface area contributed by atoms with Gasteiger partial charge >= 0.3 is 5.69 Å². The Labute approximate surface area is 71.3 Å². The molecule has 0 bridgehead atoms. The molecule has 0 aliphatic rings. The van der Waals surface area contributed by atoms with Crippen LogP contribution in [-0.4, -0.2) is 15.1 Å². The van der Waals surface area contributed by atoms with Crippen molar-refractivity contribution in [2.24, 2.45) is 0 Å². The lowest BCUT2D eigenvalue weighted by Crippen LogP contribution is -1.93. The fourth-order valence-electron chi connectivity index (χ4n) is 1.15. The molecule has 0 unspecified atom stereocenters. The minimum absolute atomic E-state index is 0.116. The molecule has 0 aliphatic carbocycles. The average Bonchev–Trinajstić information content (AvgIpc) is 2.50. The van der Waals surface area contributed by atoms with Gasteiger partial charge in [-0.1, -0.05) is 0 Å². The van der Waals surface area contributed by atoms with E-state index in [0.717, 1.165) is 6.07 Å². The van der Waals surface area contributed by atoms with E-state index in [2.05, 4.69) is 10.2 Å². The van der Waals surface area contributed by atoms with E-state index in [1.807, 2.05) is 0 Å². The minimum Gasteiger partial charge on any atom is -0.271 e. The molecule has 0 aliphatic heterocycles. The average molecular weight is 181 g/mol. The molecule has 0 atom stereocenters. The summed E-state index contributed by atoms with van der Waals surface area (Å²) in [5, 5.41) is 16.9. The number of rotatable bonds is 1.